The first kappa shape index (κ1) is 14.3. The van der Waals surface area contributed by atoms with Crippen LogP contribution in [0.1, 0.15) is 35.8 Å². The maximum Gasteiger partial charge on any atom is 0.164 e. The van der Waals surface area contributed by atoms with E-state index in [1.54, 1.807) is 24.5 Å². The van der Waals surface area contributed by atoms with Gasteiger partial charge in [-0.05, 0) is 25.5 Å². The van der Waals surface area contributed by atoms with E-state index in [1.165, 1.54) is 6.33 Å². The zero-order valence-corrected chi connectivity index (χ0v) is 12.4. The molecular formula is C16H16N4O2. The molecular weight excluding hydrogens is 280 g/mol. The van der Waals surface area contributed by atoms with Crippen molar-refractivity contribution in [3.63, 3.8) is 0 Å². The summed E-state index contributed by atoms with van der Waals surface area (Å²) in [7, 11) is 0. The van der Waals surface area contributed by atoms with Crippen LogP contribution in [0.5, 0.6) is 0 Å². The third kappa shape index (κ3) is 2.27. The Labute approximate surface area is 127 Å². The number of aromatic nitrogens is 4. The average molecular weight is 296 g/mol. The predicted octanol–water partition coefficient (Wildman–Crippen LogP) is 2.38. The molecule has 0 bridgehead atoms. The van der Waals surface area contributed by atoms with Gasteiger partial charge in [-0.3, -0.25) is 4.79 Å². The maximum absolute atomic E-state index is 10.9. The summed E-state index contributed by atoms with van der Waals surface area (Å²) in [5, 5.41) is 9.58. The number of rotatable bonds is 4. The quantitative estimate of drug-likeness (QED) is 0.748. The smallest absolute Gasteiger partial charge is 0.164 e. The van der Waals surface area contributed by atoms with Gasteiger partial charge in [-0.1, -0.05) is 12.1 Å². The normalized spacial score (nSPS) is 11.3. The molecule has 2 heterocycles. The van der Waals surface area contributed by atoms with Crippen LogP contribution in [0, 0.1) is 0 Å². The molecule has 6 heteroatoms. The van der Waals surface area contributed by atoms with Gasteiger partial charge < -0.3 is 9.67 Å². The van der Waals surface area contributed by atoms with Gasteiger partial charge in [-0.2, -0.15) is 0 Å². The van der Waals surface area contributed by atoms with E-state index in [0.717, 1.165) is 17.5 Å². The van der Waals surface area contributed by atoms with Crippen molar-refractivity contribution in [2.75, 3.05) is 0 Å². The highest BCUT2D eigenvalue weighted by Crippen LogP contribution is 2.28. The standard InChI is InChI=1S/C16H16N4O2/c1-10(2)20-9-19-15-14(17-8-18-16(15)20)13-4-3-11(6-21)5-12(13)7-22/h3-6,8-10,22H,7H2,1-2H3. The van der Waals surface area contributed by atoms with Gasteiger partial charge in [0.1, 0.15) is 23.8 Å². The Bertz CT molecular complexity index is 839. The fraction of sp³-hybridized carbons (Fsp3) is 0.250. The van der Waals surface area contributed by atoms with Crippen LogP contribution in [0.2, 0.25) is 0 Å². The molecule has 3 rings (SSSR count). The van der Waals surface area contributed by atoms with E-state index < -0.39 is 0 Å². The Kier molecular flexibility index (Phi) is 3.68. The maximum atomic E-state index is 10.9. The van der Waals surface area contributed by atoms with Crippen molar-refractivity contribution >= 4 is 17.5 Å². The average Bonchev–Trinajstić information content (AvgIpc) is 2.98. The van der Waals surface area contributed by atoms with Crippen molar-refractivity contribution in [2.45, 2.75) is 26.5 Å². The first-order valence-electron chi connectivity index (χ1n) is 7.02. The molecule has 1 N–H and O–H groups in total. The summed E-state index contributed by atoms with van der Waals surface area (Å²) in [6.45, 7) is 3.94. The number of hydrogen-bond donors (Lipinski definition) is 1. The van der Waals surface area contributed by atoms with Gasteiger partial charge in [0.2, 0.25) is 0 Å². The molecule has 0 atom stereocenters. The molecule has 6 nitrogen and oxygen atoms in total. The SMILES string of the molecule is CC(C)n1cnc2c(-c3ccc(C=O)cc3CO)ncnc21. The van der Waals surface area contributed by atoms with E-state index in [-0.39, 0.29) is 12.6 Å². The summed E-state index contributed by atoms with van der Waals surface area (Å²) in [5.74, 6) is 0. The summed E-state index contributed by atoms with van der Waals surface area (Å²) in [5.41, 5.74) is 4.02. The monoisotopic (exact) mass is 296 g/mol. The molecule has 0 radical (unpaired) electrons. The molecule has 22 heavy (non-hydrogen) atoms. The summed E-state index contributed by atoms with van der Waals surface area (Å²) < 4.78 is 1.97. The minimum Gasteiger partial charge on any atom is -0.392 e. The van der Waals surface area contributed by atoms with E-state index in [2.05, 4.69) is 28.8 Å². The van der Waals surface area contributed by atoms with Crippen molar-refractivity contribution in [3.05, 3.63) is 42.0 Å². The predicted molar refractivity (Wildman–Crippen MR) is 82.5 cm³/mol. The summed E-state index contributed by atoms with van der Waals surface area (Å²) in [6.07, 6.45) is 3.99. The molecule has 0 spiro atoms. The largest absolute Gasteiger partial charge is 0.392 e. The number of hydrogen-bond acceptors (Lipinski definition) is 5. The molecule has 3 aromatic rings. The highest BCUT2D eigenvalue weighted by atomic mass is 16.3. The Morgan fingerprint density at radius 1 is 1.27 bits per heavy atom. The van der Waals surface area contributed by atoms with Crippen molar-refractivity contribution < 1.29 is 9.90 Å². The first-order valence-corrected chi connectivity index (χ1v) is 7.02. The molecule has 1 aromatic carbocycles. The second-order valence-corrected chi connectivity index (χ2v) is 5.33. The van der Waals surface area contributed by atoms with Gasteiger partial charge in [-0.25, -0.2) is 15.0 Å². The van der Waals surface area contributed by atoms with Crippen LogP contribution < -0.4 is 0 Å². The molecule has 0 aliphatic carbocycles. The van der Waals surface area contributed by atoms with Crippen LogP contribution in [0.15, 0.2) is 30.9 Å². The van der Waals surface area contributed by atoms with Gasteiger partial charge in [0.25, 0.3) is 0 Å². The number of aldehydes is 1. The van der Waals surface area contributed by atoms with Gasteiger partial charge >= 0.3 is 0 Å². The highest BCUT2D eigenvalue weighted by Gasteiger charge is 2.15. The van der Waals surface area contributed by atoms with Crippen LogP contribution in [-0.2, 0) is 6.61 Å². The number of carbonyl (C=O) groups excluding carboxylic acids is 1. The molecule has 112 valence electrons. The molecule has 0 fully saturated rings. The Morgan fingerprint density at radius 3 is 2.77 bits per heavy atom. The summed E-state index contributed by atoms with van der Waals surface area (Å²) in [6, 6.07) is 5.39. The van der Waals surface area contributed by atoms with Gasteiger partial charge in [0, 0.05) is 17.2 Å². The summed E-state index contributed by atoms with van der Waals surface area (Å²) in [4.78, 5) is 23.9. The molecule has 0 aliphatic heterocycles. The van der Waals surface area contributed by atoms with Crippen molar-refractivity contribution in [2.24, 2.45) is 0 Å². The Hall–Kier alpha value is -2.60. The molecule has 0 amide bonds. The van der Waals surface area contributed by atoms with Crippen LogP contribution in [-0.4, -0.2) is 30.9 Å². The molecule has 0 saturated heterocycles. The zero-order valence-electron chi connectivity index (χ0n) is 12.4. The highest BCUT2D eigenvalue weighted by molar-refractivity contribution is 5.89. The topological polar surface area (TPSA) is 80.9 Å². The minimum atomic E-state index is -0.173. The number of benzene rings is 1. The second kappa shape index (κ2) is 5.65. The molecule has 0 saturated carbocycles. The van der Waals surface area contributed by atoms with Crippen LogP contribution in [0.3, 0.4) is 0 Å². The van der Waals surface area contributed by atoms with Crippen molar-refractivity contribution in [1.29, 1.82) is 0 Å². The fourth-order valence-corrected chi connectivity index (χ4v) is 2.48. The number of nitrogens with zero attached hydrogens (tertiary/aromatic N) is 4. The fourth-order valence-electron chi connectivity index (χ4n) is 2.48. The lowest BCUT2D eigenvalue weighted by Crippen LogP contribution is -2.01. The molecule has 0 unspecified atom stereocenters. The van der Waals surface area contributed by atoms with Crippen LogP contribution in [0.25, 0.3) is 22.4 Å². The van der Waals surface area contributed by atoms with Crippen molar-refractivity contribution in [3.8, 4) is 11.3 Å². The van der Waals surface area contributed by atoms with Gasteiger partial charge in [0.05, 0.1) is 12.9 Å². The lowest BCUT2D eigenvalue weighted by molar-refractivity contribution is 0.112. The minimum absolute atomic E-state index is 0.173. The number of carbonyl (C=O) groups is 1. The van der Waals surface area contributed by atoms with Gasteiger partial charge in [-0.15, -0.1) is 0 Å². The van der Waals surface area contributed by atoms with E-state index in [9.17, 15) is 9.90 Å². The number of imidazole rings is 1. The Morgan fingerprint density at radius 2 is 2.09 bits per heavy atom. The number of fused-ring (bicyclic) bond motifs is 1. The zero-order chi connectivity index (χ0) is 15.7. The Balaban J connectivity index is 2.25. The van der Waals surface area contributed by atoms with E-state index in [4.69, 9.17) is 0 Å². The lowest BCUT2D eigenvalue weighted by Gasteiger charge is -2.09. The van der Waals surface area contributed by atoms with E-state index >= 15 is 0 Å². The first-order chi connectivity index (χ1) is 10.7. The molecule has 2 aromatic heterocycles. The third-order valence-electron chi connectivity index (χ3n) is 3.61. The number of aliphatic hydroxyl groups excluding tert-OH is 1. The van der Waals surface area contributed by atoms with E-state index in [1.807, 2.05) is 4.57 Å². The van der Waals surface area contributed by atoms with Gasteiger partial charge in [0.15, 0.2) is 5.65 Å². The third-order valence-corrected chi connectivity index (χ3v) is 3.61. The van der Waals surface area contributed by atoms with Crippen molar-refractivity contribution in [1.82, 2.24) is 19.5 Å². The van der Waals surface area contributed by atoms with E-state index in [0.29, 0.717) is 22.3 Å². The summed E-state index contributed by atoms with van der Waals surface area (Å²) >= 11 is 0. The van der Waals surface area contributed by atoms with Crippen LogP contribution in [0.4, 0.5) is 0 Å². The molecule has 0 aliphatic rings. The lowest BCUT2D eigenvalue weighted by atomic mass is 10.0. The number of aliphatic hydroxyl groups is 1. The second-order valence-electron chi connectivity index (χ2n) is 5.33. The van der Waals surface area contributed by atoms with Crippen LogP contribution >= 0.6 is 0 Å².